The molecule has 14 heavy (non-hydrogen) atoms. The van der Waals surface area contributed by atoms with E-state index in [-0.39, 0.29) is 0 Å². The minimum absolute atomic E-state index is 0.422. The zero-order chi connectivity index (χ0) is 9.97. The summed E-state index contributed by atoms with van der Waals surface area (Å²) in [7, 11) is 0. The van der Waals surface area contributed by atoms with Crippen LogP contribution in [0.5, 0.6) is 0 Å². The van der Waals surface area contributed by atoms with Crippen molar-refractivity contribution in [2.45, 2.75) is 24.9 Å². The Morgan fingerprint density at radius 2 is 1.57 bits per heavy atom. The Labute approximate surface area is 84.5 Å². The molecule has 0 radical (unpaired) electrons. The molecule has 2 heterocycles. The fourth-order valence-corrected chi connectivity index (χ4v) is 2.07. The Kier molecular flexibility index (Phi) is 2.88. The molecule has 0 saturated heterocycles. The molecule has 2 atom stereocenters. The van der Waals surface area contributed by atoms with Crippen molar-refractivity contribution >= 4 is 5.96 Å². The van der Waals surface area contributed by atoms with Gasteiger partial charge in [0, 0.05) is 25.9 Å². The number of nitrogens with zero attached hydrogens (tertiary/aromatic N) is 1. The summed E-state index contributed by atoms with van der Waals surface area (Å²) in [5.74, 6) is 1.13. The fraction of sp³-hybridized carbons (Fsp3) is 0.889. The highest BCUT2D eigenvalue weighted by atomic mass is 15.3. The summed E-state index contributed by atoms with van der Waals surface area (Å²) >= 11 is 0. The van der Waals surface area contributed by atoms with Crippen LogP contribution in [0.1, 0.15) is 12.8 Å². The van der Waals surface area contributed by atoms with E-state index in [2.05, 4.69) is 15.2 Å². The molecule has 0 fully saturated rings. The third-order valence-electron chi connectivity index (χ3n) is 3.06. The maximum absolute atomic E-state index is 5.65. The van der Waals surface area contributed by atoms with E-state index in [1.54, 1.807) is 0 Å². The number of hydrogen-bond acceptors (Lipinski definition) is 4. The van der Waals surface area contributed by atoms with Gasteiger partial charge in [-0.25, -0.2) is 0 Å². The molecule has 0 aliphatic carbocycles. The van der Waals surface area contributed by atoms with Crippen LogP contribution < -0.4 is 22.1 Å². The van der Waals surface area contributed by atoms with E-state index >= 15 is 0 Å². The summed E-state index contributed by atoms with van der Waals surface area (Å²) in [6.07, 6.45) is 2.27. The van der Waals surface area contributed by atoms with E-state index in [0.717, 1.165) is 31.9 Å². The zero-order valence-electron chi connectivity index (χ0n) is 8.50. The van der Waals surface area contributed by atoms with Crippen LogP contribution >= 0.6 is 0 Å². The minimum atomic E-state index is 0.422. The maximum Gasteiger partial charge on any atom is 0.346 e. The highest BCUT2D eigenvalue weighted by molar-refractivity contribution is 5.76. The average molecular weight is 198 g/mol. The first-order valence-electron chi connectivity index (χ1n) is 5.38. The van der Waals surface area contributed by atoms with Gasteiger partial charge in [0.05, 0.1) is 25.2 Å². The van der Waals surface area contributed by atoms with E-state index in [0.29, 0.717) is 25.2 Å². The van der Waals surface area contributed by atoms with Gasteiger partial charge in [0.15, 0.2) is 0 Å². The van der Waals surface area contributed by atoms with Crippen molar-refractivity contribution in [3.8, 4) is 0 Å². The van der Waals surface area contributed by atoms with Gasteiger partial charge >= 0.3 is 5.96 Å². The lowest BCUT2D eigenvalue weighted by molar-refractivity contribution is -0.542. The van der Waals surface area contributed by atoms with Gasteiger partial charge in [0.25, 0.3) is 0 Å². The van der Waals surface area contributed by atoms with Gasteiger partial charge in [0.2, 0.25) is 0 Å². The topological polar surface area (TPSA) is 79.1 Å². The van der Waals surface area contributed by atoms with Crippen LogP contribution in [-0.4, -0.2) is 48.8 Å². The molecule has 0 unspecified atom stereocenters. The first-order chi connectivity index (χ1) is 6.83. The monoisotopic (exact) mass is 198 g/mol. The molecule has 2 rings (SSSR count). The summed E-state index contributed by atoms with van der Waals surface area (Å²) in [6.45, 7) is 3.61. The number of rotatable bonds is 2. The molecule has 0 aromatic heterocycles. The van der Waals surface area contributed by atoms with Crippen LogP contribution in [0, 0.1) is 0 Å². The molecular weight excluding hydrogens is 178 g/mol. The maximum atomic E-state index is 5.65. The first kappa shape index (κ1) is 9.73. The Morgan fingerprint density at radius 3 is 2.00 bits per heavy atom. The highest BCUT2D eigenvalue weighted by Gasteiger charge is 2.30. The number of hydrogen-bond donors (Lipinski definition) is 4. The van der Waals surface area contributed by atoms with Crippen molar-refractivity contribution in [2.24, 2.45) is 11.5 Å². The molecule has 0 amide bonds. The van der Waals surface area contributed by atoms with Crippen molar-refractivity contribution < 1.29 is 4.58 Å². The van der Waals surface area contributed by atoms with E-state index < -0.39 is 0 Å². The minimum Gasteiger partial charge on any atom is -0.327 e. The Balaban J connectivity index is 2.03. The molecule has 5 nitrogen and oxygen atoms in total. The van der Waals surface area contributed by atoms with Gasteiger partial charge in [-0.05, 0) is 0 Å². The molecule has 0 saturated carbocycles. The van der Waals surface area contributed by atoms with Gasteiger partial charge < -0.3 is 11.5 Å². The average Bonchev–Trinajstić information content (AvgIpc) is 2.27. The Morgan fingerprint density at radius 1 is 1.07 bits per heavy atom. The van der Waals surface area contributed by atoms with Crippen LogP contribution in [0.4, 0.5) is 0 Å². The first-order valence-corrected chi connectivity index (χ1v) is 5.38. The Bertz CT molecular complexity index is 215. The van der Waals surface area contributed by atoms with E-state index in [1.165, 1.54) is 0 Å². The van der Waals surface area contributed by atoms with E-state index in [9.17, 15) is 0 Å². The zero-order valence-corrected chi connectivity index (χ0v) is 8.50. The quantitative estimate of drug-likeness (QED) is 0.387. The second-order valence-electron chi connectivity index (χ2n) is 4.07. The van der Waals surface area contributed by atoms with E-state index in [1.807, 2.05) is 0 Å². The smallest absolute Gasteiger partial charge is 0.327 e. The number of guanidine groups is 1. The molecule has 2 aliphatic rings. The second-order valence-corrected chi connectivity index (χ2v) is 4.07. The molecule has 5 heteroatoms. The molecule has 0 aromatic carbocycles. The predicted octanol–water partition coefficient (Wildman–Crippen LogP) is -2.00. The van der Waals surface area contributed by atoms with Crippen LogP contribution in [0.25, 0.3) is 0 Å². The SMILES string of the molecule is NC[C@@H]1CC[N+]2=C(N1)N[C@H](CN)CC2. The largest absolute Gasteiger partial charge is 0.346 e. The molecule has 0 aromatic rings. The van der Waals surface area contributed by atoms with Gasteiger partial charge in [-0.15, -0.1) is 0 Å². The van der Waals surface area contributed by atoms with Crippen LogP contribution in [0.2, 0.25) is 0 Å². The van der Waals surface area contributed by atoms with Gasteiger partial charge in [-0.3, -0.25) is 15.2 Å². The summed E-state index contributed by atoms with van der Waals surface area (Å²) in [5, 5.41) is 6.84. The van der Waals surface area contributed by atoms with Crippen molar-refractivity contribution in [2.75, 3.05) is 26.2 Å². The normalized spacial score (nSPS) is 31.9. The number of nitrogens with two attached hydrogens (primary N) is 2. The lowest BCUT2D eigenvalue weighted by Gasteiger charge is -2.30. The number of nitrogens with one attached hydrogen (secondary N) is 2. The summed E-state index contributed by atoms with van der Waals surface area (Å²) < 4.78 is 2.35. The summed E-state index contributed by atoms with van der Waals surface area (Å²) in [6, 6.07) is 0.843. The van der Waals surface area contributed by atoms with Crippen LogP contribution in [-0.2, 0) is 0 Å². The standard InChI is InChI=1S/C9H19N5/c10-5-7-1-3-14-4-2-8(6-11)13-9(14)12-7/h7-8H,1-6,10-11H2,(H,12,13)/p+1/t7-,8-/m0/s1. The van der Waals surface area contributed by atoms with Gasteiger partial charge in [-0.2, -0.15) is 0 Å². The molecular formula is C9H20N5+. The van der Waals surface area contributed by atoms with Crippen molar-refractivity contribution in [1.82, 2.24) is 10.6 Å². The molecule has 80 valence electrons. The van der Waals surface area contributed by atoms with Gasteiger partial charge in [0.1, 0.15) is 0 Å². The van der Waals surface area contributed by atoms with Crippen molar-refractivity contribution in [3.05, 3.63) is 0 Å². The van der Waals surface area contributed by atoms with Crippen LogP contribution in [0.15, 0.2) is 0 Å². The van der Waals surface area contributed by atoms with Gasteiger partial charge in [-0.1, -0.05) is 0 Å². The lowest BCUT2D eigenvalue weighted by atomic mass is 10.1. The fourth-order valence-electron chi connectivity index (χ4n) is 2.07. The Hall–Kier alpha value is -0.810. The molecule has 0 spiro atoms. The lowest BCUT2D eigenvalue weighted by Crippen LogP contribution is -2.61. The van der Waals surface area contributed by atoms with Crippen molar-refractivity contribution in [1.29, 1.82) is 0 Å². The third-order valence-corrected chi connectivity index (χ3v) is 3.06. The summed E-state index contributed by atoms with van der Waals surface area (Å²) in [4.78, 5) is 0. The second kappa shape index (κ2) is 4.14. The van der Waals surface area contributed by atoms with Crippen LogP contribution in [0.3, 0.4) is 0 Å². The highest BCUT2D eigenvalue weighted by Crippen LogP contribution is 2.05. The molecule has 0 bridgehead atoms. The molecule has 6 N–H and O–H groups in total. The predicted molar refractivity (Wildman–Crippen MR) is 56.2 cm³/mol. The summed E-state index contributed by atoms with van der Waals surface area (Å²) in [5.41, 5.74) is 11.3. The van der Waals surface area contributed by atoms with Crippen molar-refractivity contribution in [3.63, 3.8) is 0 Å². The third kappa shape index (κ3) is 1.83. The molecule has 2 aliphatic heterocycles. The van der Waals surface area contributed by atoms with E-state index in [4.69, 9.17) is 11.5 Å².